The van der Waals surface area contributed by atoms with Gasteiger partial charge in [-0.05, 0) is 37.1 Å². The molecule has 1 aliphatic rings. The number of para-hydroxylation sites is 1. The quantitative estimate of drug-likeness (QED) is 0.735. The van der Waals surface area contributed by atoms with E-state index >= 15 is 0 Å². The first-order valence-corrected chi connectivity index (χ1v) is 9.14. The molecule has 1 saturated heterocycles. The van der Waals surface area contributed by atoms with Crippen LogP contribution in [0, 0.1) is 5.92 Å². The number of likely N-dealkylation sites (tertiary alicyclic amines) is 1. The second-order valence-corrected chi connectivity index (χ2v) is 6.93. The number of primary amides is 1. The highest BCUT2D eigenvalue weighted by molar-refractivity contribution is 5.91. The van der Waals surface area contributed by atoms with E-state index < -0.39 is 0 Å². The average molecular weight is 380 g/mol. The van der Waals surface area contributed by atoms with Gasteiger partial charge in [-0.2, -0.15) is 0 Å². The third kappa shape index (κ3) is 3.40. The number of amides is 2. The Labute approximate surface area is 160 Å². The Hall–Kier alpha value is -3.42. The van der Waals surface area contributed by atoms with Gasteiger partial charge in [-0.3, -0.25) is 19.0 Å². The number of hydrogen-bond donors (Lipinski definition) is 1. The van der Waals surface area contributed by atoms with Gasteiger partial charge in [0, 0.05) is 19.0 Å². The molecular formula is C20H20N4O4. The zero-order valence-electron chi connectivity index (χ0n) is 15.2. The van der Waals surface area contributed by atoms with E-state index in [1.54, 1.807) is 35.2 Å². The maximum atomic E-state index is 12.6. The summed E-state index contributed by atoms with van der Waals surface area (Å²) in [5.74, 6) is -0.00709. The second-order valence-electron chi connectivity index (χ2n) is 6.93. The topological polar surface area (TPSA) is 111 Å². The Balaban J connectivity index is 1.48. The molecule has 28 heavy (non-hydrogen) atoms. The van der Waals surface area contributed by atoms with Gasteiger partial charge in [0.1, 0.15) is 5.76 Å². The molecule has 0 radical (unpaired) electrons. The van der Waals surface area contributed by atoms with Crippen molar-refractivity contribution in [3.8, 4) is 0 Å². The lowest BCUT2D eigenvalue weighted by Crippen LogP contribution is -2.41. The Bertz CT molecular complexity index is 1090. The fourth-order valence-electron chi connectivity index (χ4n) is 3.49. The van der Waals surface area contributed by atoms with Gasteiger partial charge < -0.3 is 15.1 Å². The molecule has 2 aromatic heterocycles. The molecule has 144 valence electrons. The molecule has 2 amide bonds. The van der Waals surface area contributed by atoms with Crippen LogP contribution >= 0.6 is 0 Å². The van der Waals surface area contributed by atoms with Crippen molar-refractivity contribution < 1.29 is 14.0 Å². The lowest BCUT2D eigenvalue weighted by molar-refractivity contribution is -0.123. The van der Waals surface area contributed by atoms with Crippen LogP contribution in [-0.4, -0.2) is 39.4 Å². The van der Waals surface area contributed by atoms with Gasteiger partial charge in [0.05, 0.1) is 23.8 Å². The largest absolute Gasteiger partial charge is 0.454 e. The van der Waals surface area contributed by atoms with Crippen LogP contribution in [0.1, 0.15) is 29.2 Å². The number of benzene rings is 1. The molecule has 2 N–H and O–H groups in total. The Morgan fingerprint density at radius 3 is 2.64 bits per heavy atom. The van der Waals surface area contributed by atoms with E-state index in [4.69, 9.17) is 10.2 Å². The molecule has 1 aromatic carbocycles. The zero-order valence-corrected chi connectivity index (χ0v) is 15.2. The number of aromatic nitrogens is 2. The van der Waals surface area contributed by atoms with Crippen LogP contribution in [0.25, 0.3) is 10.9 Å². The van der Waals surface area contributed by atoms with Gasteiger partial charge in [-0.25, -0.2) is 4.98 Å². The number of piperidine rings is 1. The molecule has 0 unspecified atom stereocenters. The fraction of sp³-hybridized carbons (Fsp3) is 0.300. The number of rotatable bonds is 4. The van der Waals surface area contributed by atoms with E-state index in [2.05, 4.69) is 4.98 Å². The minimum atomic E-state index is -0.318. The van der Waals surface area contributed by atoms with Crippen LogP contribution < -0.4 is 11.3 Å². The van der Waals surface area contributed by atoms with Gasteiger partial charge in [0.25, 0.3) is 11.5 Å². The minimum Gasteiger partial charge on any atom is -0.454 e. The normalized spacial score (nSPS) is 15.1. The van der Waals surface area contributed by atoms with Crippen LogP contribution in [0.3, 0.4) is 0 Å². The lowest BCUT2D eigenvalue weighted by atomic mass is 9.96. The van der Waals surface area contributed by atoms with Gasteiger partial charge in [-0.15, -0.1) is 0 Å². The molecule has 8 heteroatoms. The molecule has 4 rings (SSSR count). The first-order valence-electron chi connectivity index (χ1n) is 9.14. The summed E-state index contributed by atoms with van der Waals surface area (Å²) in [5, 5.41) is 0.533. The van der Waals surface area contributed by atoms with Crippen LogP contribution in [0.4, 0.5) is 0 Å². The summed E-state index contributed by atoms with van der Waals surface area (Å²) in [6.07, 6.45) is 2.60. The molecule has 0 spiro atoms. The first kappa shape index (κ1) is 18.0. The van der Waals surface area contributed by atoms with Gasteiger partial charge in [-0.1, -0.05) is 12.1 Å². The van der Waals surface area contributed by atoms with Crippen molar-refractivity contribution in [1.82, 2.24) is 14.5 Å². The van der Waals surface area contributed by atoms with Gasteiger partial charge in [0.2, 0.25) is 5.91 Å². The molecule has 1 aliphatic heterocycles. The van der Waals surface area contributed by atoms with Crippen molar-refractivity contribution in [2.45, 2.75) is 19.4 Å². The highest BCUT2D eigenvalue weighted by atomic mass is 16.4. The summed E-state index contributed by atoms with van der Waals surface area (Å²) < 4.78 is 7.13. The summed E-state index contributed by atoms with van der Waals surface area (Å²) in [6.45, 7) is 1.13. The SMILES string of the molecule is NC(=O)C1CCN(C(=O)c2ccc(Cn3cnc4ccccc4c3=O)o2)CC1. The smallest absolute Gasteiger partial charge is 0.289 e. The van der Waals surface area contributed by atoms with E-state index in [1.807, 2.05) is 6.07 Å². The van der Waals surface area contributed by atoms with Crippen LogP contribution in [0.2, 0.25) is 0 Å². The summed E-state index contributed by atoms with van der Waals surface area (Å²) in [6, 6.07) is 10.4. The van der Waals surface area contributed by atoms with E-state index in [0.29, 0.717) is 42.6 Å². The van der Waals surface area contributed by atoms with Crippen molar-refractivity contribution >= 4 is 22.7 Å². The van der Waals surface area contributed by atoms with Crippen molar-refractivity contribution in [2.75, 3.05) is 13.1 Å². The molecule has 3 heterocycles. The van der Waals surface area contributed by atoms with Crippen LogP contribution in [0.15, 0.2) is 51.9 Å². The van der Waals surface area contributed by atoms with E-state index in [0.717, 1.165) is 0 Å². The highest BCUT2D eigenvalue weighted by Gasteiger charge is 2.27. The number of nitrogens with zero attached hydrogens (tertiary/aromatic N) is 3. The molecule has 8 nitrogen and oxygen atoms in total. The van der Waals surface area contributed by atoms with Gasteiger partial charge in [0.15, 0.2) is 5.76 Å². The Morgan fingerprint density at radius 1 is 1.14 bits per heavy atom. The second kappa shape index (κ2) is 7.30. The molecule has 1 fully saturated rings. The predicted octanol–water partition coefficient (Wildman–Crippen LogP) is 1.38. The summed E-state index contributed by atoms with van der Waals surface area (Å²) in [5.41, 5.74) is 5.80. The molecule has 0 saturated carbocycles. The van der Waals surface area contributed by atoms with Crippen molar-refractivity contribution in [3.05, 3.63) is 64.6 Å². The third-order valence-corrected chi connectivity index (χ3v) is 5.11. The zero-order chi connectivity index (χ0) is 19.7. The summed E-state index contributed by atoms with van der Waals surface area (Å²) in [7, 11) is 0. The number of carbonyl (C=O) groups excluding carboxylic acids is 2. The molecular weight excluding hydrogens is 360 g/mol. The van der Waals surface area contributed by atoms with E-state index in [-0.39, 0.29) is 35.6 Å². The van der Waals surface area contributed by atoms with E-state index in [1.165, 1.54) is 10.9 Å². The number of hydrogen-bond acceptors (Lipinski definition) is 5. The van der Waals surface area contributed by atoms with Crippen molar-refractivity contribution in [3.63, 3.8) is 0 Å². The predicted molar refractivity (Wildman–Crippen MR) is 102 cm³/mol. The van der Waals surface area contributed by atoms with Crippen molar-refractivity contribution in [2.24, 2.45) is 11.7 Å². The maximum Gasteiger partial charge on any atom is 0.289 e. The Morgan fingerprint density at radius 2 is 1.89 bits per heavy atom. The lowest BCUT2D eigenvalue weighted by Gasteiger charge is -2.29. The summed E-state index contributed by atoms with van der Waals surface area (Å²) >= 11 is 0. The molecule has 0 atom stereocenters. The average Bonchev–Trinajstić information content (AvgIpc) is 3.18. The first-order chi connectivity index (χ1) is 13.5. The van der Waals surface area contributed by atoms with E-state index in [9.17, 15) is 14.4 Å². The minimum absolute atomic E-state index is 0.164. The Kier molecular flexibility index (Phi) is 4.68. The van der Waals surface area contributed by atoms with Crippen molar-refractivity contribution in [1.29, 1.82) is 0 Å². The highest BCUT2D eigenvalue weighted by Crippen LogP contribution is 2.20. The number of fused-ring (bicyclic) bond motifs is 1. The number of furan rings is 1. The summed E-state index contributed by atoms with van der Waals surface area (Å²) in [4.78, 5) is 42.4. The number of carbonyl (C=O) groups is 2. The molecule has 0 bridgehead atoms. The molecule has 0 aliphatic carbocycles. The maximum absolute atomic E-state index is 12.6. The van der Waals surface area contributed by atoms with Gasteiger partial charge >= 0.3 is 0 Å². The standard InChI is InChI=1S/C20H20N4O4/c21-18(25)13-7-9-23(10-8-13)20(27)17-6-5-14(28-17)11-24-12-22-16-4-2-1-3-15(16)19(24)26/h1-6,12-13H,7-11H2,(H2,21,25). The van der Waals surface area contributed by atoms with Crippen LogP contribution in [-0.2, 0) is 11.3 Å². The third-order valence-electron chi connectivity index (χ3n) is 5.11. The monoisotopic (exact) mass is 380 g/mol. The molecule has 3 aromatic rings. The fourth-order valence-corrected chi connectivity index (χ4v) is 3.49. The number of nitrogens with two attached hydrogens (primary N) is 1. The van der Waals surface area contributed by atoms with Crippen LogP contribution in [0.5, 0.6) is 0 Å².